The normalized spacial score (nSPS) is 10.7. The van der Waals surface area contributed by atoms with Crippen molar-refractivity contribution in [2.24, 2.45) is 0 Å². The Morgan fingerprint density at radius 2 is 1.75 bits per heavy atom. The number of aryl methyl sites for hydroxylation is 1. The van der Waals surface area contributed by atoms with E-state index >= 15 is 0 Å². The summed E-state index contributed by atoms with van der Waals surface area (Å²) in [5, 5.41) is 2.96. The van der Waals surface area contributed by atoms with E-state index in [4.69, 9.17) is 4.74 Å². The van der Waals surface area contributed by atoms with Crippen LogP contribution >= 0.6 is 11.8 Å². The van der Waals surface area contributed by atoms with Gasteiger partial charge in [0.25, 0.3) is 0 Å². The lowest BCUT2D eigenvalue weighted by Crippen LogP contribution is -2.22. The van der Waals surface area contributed by atoms with E-state index < -0.39 is 0 Å². The lowest BCUT2D eigenvalue weighted by molar-refractivity contribution is -0.120. The smallest absolute Gasteiger partial charge is 0.221 e. The van der Waals surface area contributed by atoms with Crippen LogP contribution in [0.25, 0.3) is 0 Å². The monoisotopic (exact) mass is 343 g/mol. The summed E-state index contributed by atoms with van der Waals surface area (Å²) in [6, 6.07) is 16.2. The number of thioether (sulfide) groups is 1. The van der Waals surface area contributed by atoms with E-state index in [9.17, 15) is 4.79 Å². The molecule has 0 fully saturated rings. The van der Waals surface area contributed by atoms with E-state index in [0.29, 0.717) is 13.0 Å². The standard InChI is InChI=1S/C20H25NO2S/c1-15(2)23-18-8-6-17(7-9-18)14-21-20(22)12-13-24-19-10-4-16(3)5-11-19/h4-11,15H,12-14H2,1-3H3,(H,21,22). The molecule has 2 rings (SSSR count). The third kappa shape index (κ3) is 6.67. The predicted molar refractivity (Wildman–Crippen MR) is 101 cm³/mol. The third-order valence-electron chi connectivity index (χ3n) is 3.40. The second kappa shape index (κ2) is 9.38. The lowest BCUT2D eigenvalue weighted by atomic mass is 10.2. The Morgan fingerprint density at radius 3 is 2.38 bits per heavy atom. The van der Waals surface area contributed by atoms with Gasteiger partial charge in [0, 0.05) is 23.6 Å². The van der Waals surface area contributed by atoms with Crippen molar-refractivity contribution in [1.82, 2.24) is 5.32 Å². The van der Waals surface area contributed by atoms with Crippen LogP contribution in [0.3, 0.4) is 0 Å². The Bertz CT molecular complexity index is 636. The zero-order chi connectivity index (χ0) is 17.4. The molecule has 0 aromatic heterocycles. The molecular weight excluding hydrogens is 318 g/mol. The van der Waals surface area contributed by atoms with Crippen LogP contribution in [-0.2, 0) is 11.3 Å². The van der Waals surface area contributed by atoms with Gasteiger partial charge in [-0.2, -0.15) is 0 Å². The van der Waals surface area contributed by atoms with E-state index in [0.717, 1.165) is 17.1 Å². The summed E-state index contributed by atoms with van der Waals surface area (Å²) in [7, 11) is 0. The van der Waals surface area contributed by atoms with Crippen molar-refractivity contribution in [3.63, 3.8) is 0 Å². The molecule has 3 nitrogen and oxygen atoms in total. The summed E-state index contributed by atoms with van der Waals surface area (Å²) in [4.78, 5) is 13.1. The molecule has 2 aromatic carbocycles. The Hall–Kier alpha value is -1.94. The largest absolute Gasteiger partial charge is 0.491 e. The molecule has 0 heterocycles. The Balaban J connectivity index is 1.68. The van der Waals surface area contributed by atoms with Gasteiger partial charge in [0.2, 0.25) is 5.91 Å². The maximum Gasteiger partial charge on any atom is 0.221 e. The van der Waals surface area contributed by atoms with Crippen LogP contribution in [0.2, 0.25) is 0 Å². The van der Waals surface area contributed by atoms with Gasteiger partial charge in [-0.3, -0.25) is 4.79 Å². The lowest BCUT2D eigenvalue weighted by Gasteiger charge is -2.10. The molecule has 0 saturated heterocycles. The summed E-state index contributed by atoms with van der Waals surface area (Å²) >= 11 is 1.71. The van der Waals surface area contributed by atoms with Crippen molar-refractivity contribution in [2.45, 2.75) is 44.7 Å². The van der Waals surface area contributed by atoms with Gasteiger partial charge in [0.1, 0.15) is 5.75 Å². The predicted octanol–water partition coefficient (Wildman–Crippen LogP) is 4.58. The Morgan fingerprint density at radius 1 is 1.08 bits per heavy atom. The van der Waals surface area contributed by atoms with Gasteiger partial charge >= 0.3 is 0 Å². The van der Waals surface area contributed by atoms with Crippen LogP contribution in [0.1, 0.15) is 31.4 Å². The van der Waals surface area contributed by atoms with Crippen molar-refractivity contribution in [1.29, 1.82) is 0 Å². The number of rotatable bonds is 8. The van der Waals surface area contributed by atoms with E-state index in [1.165, 1.54) is 10.5 Å². The topological polar surface area (TPSA) is 38.3 Å². The van der Waals surface area contributed by atoms with Crippen LogP contribution in [0.4, 0.5) is 0 Å². The second-order valence-corrected chi connectivity index (χ2v) is 7.17. The number of ether oxygens (including phenoxy) is 1. The van der Waals surface area contributed by atoms with E-state index in [1.54, 1.807) is 11.8 Å². The van der Waals surface area contributed by atoms with E-state index in [1.807, 2.05) is 38.1 Å². The molecule has 1 N–H and O–H groups in total. The first-order valence-electron chi connectivity index (χ1n) is 8.24. The average molecular weight is 343 g/mol. The van der Waals surface area contributed by atoms with Crippen LogP contribution in [-0.4, -0.2) is 17.8 Å². The summed E-state index contributed by atoms with van der Waals surface area (Å²) in [5.74, 6) is 1.72. The van der Waals surface area contributed by atoms with Gasteiger partial charge in [-0.05, 0) is 50.6 Å². The van der Waals surface area contributed by atoms with Crippen molar-refractivity contribution < 1.29 is 9.53 Å². The van der Waals surface area contributed by atoms with Gasteiger partial charge in [-0.1, -0.05) is 29.8 Å². The molecule has 4 heteroatoms. The summed E-state index contributed by atoms with van der Waals surface area (Å²) in [6.45, 7) is 6.63. The molecule has 0 saturated carbocycles. The number of hydrogen-bond acceptors (Lipinski definition) is 3. The Labute approximate surface area is 148 Å². The zero-order valence-electron chi connectivity index (χ0n) is 14.5. The van der Waals surface area contributed by atoms with E-state index in [-0.39, 0.29) is 12.0 Å². The highest BCUT2D eigenvalue weighted by Gasteiger charge is 2.03. The first kappa shape index (κ1) is 18.4. The van der Waals surface area contributed by atoms with Crippen LogP contribution in [0.5, 0.6) is 5.75 Å². The first-order chi connectivity index (χ1) is 11.5. The average Bonchev–Trinajstić information content (AvgIpc) is 2.55. The van der Waals surface area contributed by atoms with Crippen molar-refractivity contribution >= 4 is 17.7 Å². The van der Waals surface area contributed by atoms with Crippen LogP contribution < -0.4 is 10.1 Å². The summed E-state index contributed by atoms with van der Waals surface area (Å²) < 4.78 is 5.61. The molecule has 0 aliphatic heterocycles. The van der Waals surface area contributed by atoms with Crippen molar-refractivity contribution in [3.05, 3.63) is 59.7 Å². The molecule has 2 aromatic rings. The molecule has 128 valence electrons. The number of nitrogens with one attached hydrogen (secondary N) is 1. The summed E-state index contributed by atoms with van der Waals surface area (Å²) in [5.41, 5.74) is 2.33. The SMILES string of the molecule is Cc1ccc(SCCC(=O)NCc2ccc(OC(C)C)cc2)cc1. The molecule has 0 radical (unpaired) electrons. The van der Waals surface area contributed by atoms with Gasteiger partial charge in [-0.25, -0.2) is 0 Å². The number of amides is 1. The third-order valence-corrected chi connectivity index (χ3v) is 4.42. The van der Waals surface area contributed by atoms with Crippen LogP contribution in [0, 0.1) is 6.92 Å². The van der Waals surface area contributed by atoms with Gasteiger partial charge in [0.15, 0.2) is 0 Å². The minimum atomic E-state index is 0.0807. The molecule has 0 atom stereocenters. The number of benzene rings is 2. The van der Waals surface area contributed by atoms with Gasteiger partial charge < -0.3 is 10.1 Å². The number of hydrogen-bond donors (Lipinski definition) is 1. The molecule has 0 aliphatic rings. The minimum Gasteiger partial charge on any atom is -0.491 e. The fourth-order valence-corrected chi connectivity index (χ4v) is 2.99. The maximum absolute atomic E-state index is 11.9. The molecular formula is C20H25NO2S. The van der Waals surface area contributed by atoms with E-state index in [2.05, 4.69) is 36.5 Å². The number of carbonyl (C=O) groups is 1. The highest BCUT2D eigenvalue weighted by atomic mass is 32.2. The molecule has 1 amide bonds. The second-order valence-electron chi connectivity index (χ2n) is 6.00. The summed E-state index contributed by atoms with van der Waals surface area (Å²) in [6.07, 6.45) is 0.689. The first-order valence-corrected chi connectivity index (χ1v) is 9.23. The zero-order valence-corrected chi connectivity index (χ0v) is 15.4. The van der Waals surface area contributed by atoms with Crippen molar-refractivity contribution in [2.75, 3.05) is 5.75 Å². The van der Waals surface area contributed by atoms with Crippen LogP contribution in [0.15, 0.2) is 53.4 Å². The molecule has 0 aliphatic carbocycles. The molecule has 0 bridgehead atoms. The molecule has 0 unspecified atom stereocenters. The fraction of sp³-hybridized carbons (Fsp3) is 0.350. The maximum atomic E-state index is 11.9. The highest BCUT2D eigenvalue weighted by Crippen LogP contribution is 2.19. The van der Waals surface area contributed by atoms with Crippen molar-refractivity contribution in [3.8, 4) is 5.75 Å². The van der Waals surface area contributed by atoms with Gasteiger partial charge in [-0.15, -0.1) is 11.8 Å². The molecule has 24 heavy (non-hydrogen) atoms. The fourth-order valence-electron chi connectivity index (χ4n) is 2.14. The Kier molecular flexibility index (Phi) is 7.19. The highest BCUT2D eigenvalue weighted by molar-refractivity contribution is 7.99. The quantitative estimate of drug-likeness (QED) is 0.713. The number of carbonyl (C=O) groups excluding carboxylic acids is 1. The molecule has 0 spiro atoms. The minimum absolute atomic E-state index is 0.0807. The van der Waals surface area contributed by atoms with Gasteiger partial charge in [0.05, 0.1) is 6.10 Å².